The van der Waals surface area contributed by atoms with E-state index in [1.165, 1.54) is 54.7 Å². The SMILES string of the molecule is CCC[CH2][Ni]([CH2]CCC)[CH2]CCC.Cl.P. The summed E-state index contributed by atoms with van der Waals surface area (Å²) in [5, 5.41) is 4.57. The minimum atomic E-state index is 0. The van der Waals surface area contributed by atoms with E-state index in [2.05, 4.69) is 20.8 Å². The maximum Gasteiger partial charge on any atom is -0.147 e. The molecule has 0 aliphatic rings. The zero-order chi connectivity index (χ0) is 9.94. The van der Waals surface area contributed by atoms with Crippen LogP contribution in [-0.4, -0.2) is 0 Å². The van der Waals surface area contributed by atoms with E-state index in [0.29, 0.717) is 13.4 Å². The summed E-state index contributed by atoms with van der Waals surface area (Å²) < 4.78 is 0. The molecule has 0 aromatic heterocycles. The Bertz CT molecular complexity index is 82.6. The molecule has 0 heterocycles. The minimum absolute atomic E-state index is 0. The molecule has 1 atom stereocenters. The van der Waals surface area contributed by atoms with E-state index in [-0.39, 0.29) is 22.3 Å². The van der Waals surface area contributed by atoms with Crippen LogP contribution in [0.5, 0.6) is 0 Å². The first-order valence-corrected chi connectivity index (χ1v) is 7.89. The fourth-order valence-electron chi connectivity index (χ4n) is 1.05. The monoisotopic (exact) mass is 299 g/mol. The van der Waals surface area contributed by atoms with Gasteiger partial charge in [-0.25, -0.2) is 0 Å². The molecule has 0 saturated carbocycles. The van der Waals surface area contributed by atoms with Crippen molar-refractivity contribution in [1.82, 2.24) is 0 Å². The largest absolute Gasteiger partial charge is 0.153 e. The van der Waals surface area contributed by atoms with Crippen LogP contribution in [0.2, 0.25) is 16.2 Å². The van der Waals surface area contributed by atoms with Crippen molar-refractivity contribution in [2.45, 2.75) is 75.5 Å². The molecule has 0 bridgehead atoms. The maximum atomic E-state index is 2.31. The van der Waals surface area contributed by atoms with Crippen LogP contribution in [-0.2, 0) is 13.4 Å². The van der Waals surface area contributed by atoms with Crippen molar-refractivity contribution in [3.05, 3.63) is 0 Å². The predicted molar refractivity (Wildman–Crippen MR) is 77.5 cm³/mol. The van der Waals surface area contributed by atoms with E-state index in [0.717, 1.165) is 0 Å². The average molecular weight is 300 g/mol. The van der Waals surface area contributed by atoms with E-state index in [1.807, 2.05) is 0 Å². The van der Waals surface area contributed by atoms with Crippen molar-refractivity contribution in [3.8, 4) is 0 Å². The Morgan fingerprint density at radius 3 is 1.13 bits per heavy atom. The molecule has 15 heavy (non-hydrogen) atoms. The number of halogens is 1. The zero-order valence-electron chi connectivity index (χ0n) is 10.8. The van der Waals surface area contributed by atoms with Crippen LogP contribution in [0, 0.1) is 0 Å². The molecule has 0 rings (SSSR count). The van der Waals surface area contributed by atoms with Gasteiger partial charge < -0.3 is 0 Å². The van der Waals surface area contributed by atoms with Gasteiger partial charge in [-0.1, -0.05) is 0 Å². The molecule has 0 N–H and O–H groups in total. The molecular formula is C12H31ClNiP. The molecule has 0 aliphatic heterocycles. The van der Waals surface area contributed by atoms with Gasteiger partial charge in [-0.3, -0.25) is 0 Å². The van der Waals surface area contributed by atoms with Crippen LogP contribution in [0.4, 0.5) is 0 Å². The van der Waals surface area contributed by atoms with Crippen molar-refractivity contribution in [2.75, 3.05) is 0 Å². The van der Waals surface area contributed by atoms with Crippen LogP contribution < -0.4 is 0 Å². The van der Waals surface area contributed by atoms with Crippen molar-refractivity contribution in [3.63, 3.8) is 0 Å². The van der Waals surface area contributed by atoms with Gasteiger partial charge in [0.1, 0.15) is 0 Å². The fraction of sp³-hybridized carbons (Fsp3) is 1.00. The molecule has 0 fully saturated rings. The maximum absolute atomic E-state index is 2.31. The summed E-state index contributed by atoms with van der Waals surface area (Å²) >= 11 is 0.643. The average Bonchev–Trinajstić information content (AvgIpc) is 2.17. The third-order valence-corrected chi connectivity index (χ3v) is 5.21. The summed E-state index contributed by atoms with van der Waals surface area (Å²) in [4.78, 5) is 0. The number of rotatable bonds is 9. The molecule has 3 heteroatoms. The summed E-state index contributed by atoms with van der Waals surface area (Å²) in [6.45, 7) is 6.93. The second-order valence-electron chi connectivity index (χ2n) is 3.51. The van der Waals surface area contributed by atoms with Crippen LogP contribution in [0.25, 0.3) is 0 Å². The van der Waals surface area contributed by atoms with Crippen LogP contribution in [0.15, 0.2) is 0 Å². The second kappa shape index (κ2) is 17.6. The molecule has 0 aliphatic carbocycles. The van der Waals surface area contributed by atoms with Crippen molar-refractivity contribution in [1.29, 1.82) is 0 Å². The van der Waals surface area contributed by atoms with Gasteiger partial charge in [-0.2, -0.15) is 9.90 Å². The quantitative estimate of drug-likeness (QED) is 0.376. The summed E-state index contributed by atoms with van der Waals surface area (Å²) in [5.74, 6) is 0. The van der Waals surface area contributed by atoms with Crippen LogP contribution >= 0.6 is 22.3 Å². The summed E-state index contributed by atoms with van der Waals surface area (Å²) in [5.41, 5.74) is 0. The predicted octanol–water partition coefficient (Wildman–Crippen LogP) is 5.74. The third-order valence-electron chi connectivity index (χ3n) is 2.07. The van der Waals surface area contributed by atoms with E-state index >= 15 is 0 Å². The first-order chi connectivity index (χ1) is 6.35. The van der Waals surface area contributed by atoms with Gasteiger partial charge >= 0.3 is 88.9 Å². The summed E-state index contributed by atoms with van der Waals surface area (Å²) in [6.07, 6.45) is 8.52. The van der Waals surface area contributed by atoms with Gasteiger partial charge in [0.2, 0.25) is 0 Å². The molecule has 0 spiro atoms. The van der Waals surface area contributed by atoms with E-state index in [4.69, 9.17) is 0 Å². The van der Waals surface area contributed by atoms with Crippen LogP contribution in [0.1, 0.15) is 59.3 Å². The van der Waals surface area contributed by atoms with Crippen molar-refractivity contribution < 1.29 is 13.4 Å². The van der Waals surface area contributed by atoms with Crippen LogP contribution in [0.3, 0.4) is 0 Å². The van der Waals surface area contributed by atoms with Gasteiger partial charge in [-0.15, -0.1) is 12.4 Å². The van der Waals surface area contributed by atoms with Crippen molar-refractivity contribution in [2.24, 2.45) is 0 Å². The Morgan fingerprint density at radius 1 is 0.667 bits per heavy atom. The molecule has 0 amide bonds. The zero-order valence-corrected chi connectivity index (χ0v) is 14.0. The Labute approximate surface area is 111 Å². The van der Waals surface area contributed by atoms with Gasteiger partial charge in [0.25, 0.3) is 0 Å². The Morgan fingerprint density at radius 2 is 0.933 bits per heavy atom. The van der Waals surface area contributed by atoms with E-state index in [1.54, 1.807) is 0 Å². The number of unbranched alkanes of at least 4 members (excludes halogenated alkanes) is 3. The molecule has 0 nitrogen and oxygen atoms in total. The molecular weight excluding hydrogens is 269 g/mol. The molecule has 0 radical (unpaired) electrons. The van der Waals surface area contributed by atoms with Gasteiger partial charge in [0.05, 0.1) is 0 Å². The normalized spacial score (nSPS) is 10.2. The molecule has 0 aromatic carbocycles. The standard InChI is InChI=1S/3C4H9.ClH.Ni.H3P/c3*1-3-4-2;;;/h3*1,3-4H2,2H3;1H;;1H3. The van der Waals surface area contributed by atoms with E-state index < -0.39 is 0 Å². The molecule has 101 valence electrons. The Hall–Kier alpha value is 1.21. The Balaban J connectivity index is -0.000000720. The van der Waals surface area contributed by atoms with E-state index in [9.17, 15) is 0 Å². The van der Waals surface area contributed by atoms with Crippen molar-refractivity contribution >= 4 is 22.3 Å². The summed E-state index contributed by atoms with van der Waals surface area (Å²) in [6, 6.07) is 0. The first kappa shape index (κ1) is 21.5. The van der Waals surface area contributed by atoms with Gasteiger partial charge in [0.15, 0.2) is 0 Å². The third kappa shape index (κ3) is 15.2. The molecule has 0 saturated heterocycles. The summed E-state index contributed by atoms with van der Waals surface area (Å²) in [7, 11) is 0. The second-order valence-corrected chi connectivity index (χ2v) is 6.47. The molecule has 1 unspecified atom stereocenters. The molecule has 0 aromatic rings. The first-order valence-electron chi connectivity index (χ1n) is 5.79. The Kier molecular flexibility index (Phi) is 25.2. The smallest absolute Gasteiger partial charge is 0.147 e. The number of hydrogen-bond acceptors (Lipinski definition) is 0. The van der Waals surface area contributed by atoms with Gasteiger partial charge in [-0.05, 0) is 0 Å². The minimum Gasteiger partial charge on any atom is -0.153 e. The van der Waals surface area contributed by atoms with Gasteiger partial charge in [0, 0.05) is 0 Å². The number of hydrogen-bond donors (Lipinski definition) is 0. The fourth-order valence-corrected chi connectivity index (χ4v) is 4.32. The topological polar surface area (TPSA) is 0 Å².